The Kier molecular flexibility index (Phi) is 5.71. The molecule has 8 heteroatoms. The molecule has 1 unspecified atom stereocenters. The van der Waals surface area contributed by atoms with Crippen molar-refractivity contribution in [3.63, 3.8) is 0 Å². The Morgan fingerprint density at radius 2 is 2.12 bits per heavy atom. The van der Waals surface area contributed by atoms with E-state index in [-0.39, 0.29) is 24.3 Å². The number of alkyl halides is 3. The van der Waals surface area contributed by atoms with E-state index in [1.165, 1.54) is 11.0 Å². The van der Waals surface area contributed by atoms with Crippen LogP contribution in [0.2, 0.25) is 0 Å². The van der Waals surface area contributed by atoms with Crippen molar-refractivity contribution in [2.45, 2.75) is 31.5 Å². The van der Waals surface area contributed by atoms with Gasteiger partial charge in [-0.15, -0.1) is 0 Å². The van der Waals surface area contributed by atoms with Crippen molar-refractivity contribution < 1.29 is 32.6 Å². The number of carboxylic acid groups (broad SMARTS) is 1. The number of nitrogens with zero attached hydrogens (tertiary/aromatic N) is 1. The molecule has 1 saturated heterocycles. The van der Waals surface area contributed by atoms with Crippen LogP contribution in [-0.2, 0) is 11.0 Å². The van der Waals surface area contributed by atoms with Crippen LogP contribution in [0, 0.1) is 0 Å². The molecule has 0 aliphatic carbocycles. The first-order valence-electron chi connectivity index (χ1n) is 7.71. The van der Waals surface area contributed by atoms with Crippen LogP contribution in [0.1, 0.15) is 35.2 Å². The molecule has 1 aromatic carbocycles. The molecule has 1 N–H and O–H groups in total. The van der Waals surface area contributed by atoms with Crippen LogP contribution in [-0.4, -0.2) is 41.1 Å². The molecule has 1 aromatic rings. The normalized spacial score (nSPS) is 17.4. The highest BCUT2D eigenvalue weighted by molar-refractivity contribution is 5.97. The molecule has 0 radical (unpaired) electrons. The number of carboxylic acids is 1. The third kappa shape index (κ3) is 4.52. The third-order valence-electron chi connectivity index (χ3n) is 3.94. The van der Waals surface area contributed by atoms with Crippen molar-refractivity contribution in [3.8, 4) is 5.75 Å². The lowest BCUT2D eigenvalue weighted by Gasteiger charge is -2.25. The molecule has 0 spiro atoms. The Morgan fingerprint density at radius 1 is 1.40 bits per heavy atom. The fourth-order valence-corrected chi connectivity index (χ4v) is 2.82. The Bertz CT molecular complexity index is 672. The monoisotopic (exact) mass is 357 g/mol. The van der Waals surface area contributed by atoms with Crippen LogP contribution < -0.4 is 4.74 Å². The molecule has 1 aliphatic rings. The van der Waals surface area contributed by atoms with Crippen molar-refractivity contribution in [1.82, 2.24) is 4.90 Å². The van der Waals surface area contributed by atoms with E-state index in [1.807, 2.05) is 0 Å². The maximum absolute atomic E-state index is 13.0. The Labute approximate surface area is 142 Å². The van der Waals surface area contributed by atoms with Crippen LogP contribution in [0.5, 0.6) is 5.75 Å². The zero-order chi connectivity index (χ0) is 18.6. The van der Waals surface area contributed by atoms with Gasteiger partial charge in [0.2, 0.25) is 0 Å². The zero-order valence-electron chi connectivity index (χ0n) is 13.4. The molecule has 1 fully saturated rings. The molecule has 136 valence electrons. The van der Waals surface area contributed by atoms with Crippen LogP contribution >= 0.6 is 0 Å². The fourth-order valence-electron chi connectivity index (χ4n) is 2.82. The maximum Gasteiger partial charge on any atom is 0.416 e. The summed E-state index contributed by atoms with van der Waals surface area (Å²) in [5.41, 5.74) is -1.19. The van der Waals surface area contributed by atoms with Gasteiger partial charge in [0.1, 0.15) is 12.4 Å². The van der Waals surface area contributed by atoms with E-state index < -0.39 is 29.7 Å². The van der Waals surface area contributed by atoms with E-state index in [2.05, 4.69) is 6.58 Å². The number of aliphatic carboxylic acids is 1. The van der Waals surface area contributed by atoms with Crippen molar-refractivity contribution >= 4 is 11.9 Å². The first kappa shape index (κ1) is 18.8. The Hall–Kier alpha value is -2.51. The highest BCUT2D eigenvalue weighted by Crippen LogP contribution is 2.34. The largest absolute Gasteiger partial charge is 0.489 e. The predicted octanol–water partition coefficient (Wildman–Crippen LogP) is 3.35. The summed E-state index contributed by atoms with van der Waals surface area (Å²) >= 11 is 0. The molecule has 25 heavy (non-hydrogen) atoms. The minimum Gasteiger partial charge on any atom is -0.489 e. The lowest BCUT2D eigenvalue weighted by Crippen LogP contribution is -2.37. The van der Waals surface area contributed by atoms with Gasteiger partial charge in [-0.05, 0) is 31.0 Å². The average Bonchev–Trinajstić information content (AvgIpc) is 2.98. The molecule has 5 nitrogen and oxygen atoms in total. The number of hydrogen-bond donors (Lipinski definition) is 1. The smallest absolute Gasteiger partial charge is 0.416 e. The van der Waals surface area contributed by atoms with Gasteiger partial charge in [0.15, 0.2) is 0 Å². The summed E-state index contributed by atoms with van der Waals surface area (Å²) < 4.78 is 44.2. The maximum atomic E-state index is 13.0. The topological polar surface area (TPSA) is 66.8 Å². The molecule has 1 heterocycles. The number of rotatable bonds is 6. The van der Waals surface area contributed by atoms with Crippen molar-refractivity contribution in [1.29, 1.82) is 0 Å². The van der Waals surface area contributed by atoms with E-state index in [0.29, 0.717) is 19.4 Å². The predicted molar refractivity (Wildman–Crippen MR) is 83.4 cm³/mol. The summed E-state index contributed by atoms with van der Waals surface area (Å²) in [5.74, 6) is -1.70. The first-order chi connectivity index (χ1) is 11.7. The second-order valence-electron chi connectivity index (χ2n) is 5.70. The standard InChI is InChI=1S/C17H18F3NO4/c1-2-8-25-14-6-5-11(17(18,19)20)9-13(14)16(24)21-7-3-4-12(21)10-15(22)23/h2,5-6,9,12H,1,3-4,7-8,10H2,(H,22,23). The molecular formula is C17H18F3NO4. The molecular weight excluding hydrogens is 339 g/mol. The second kappa shape index (κ2) is 7.58. The van der Waals surface area contributed by atoms with Crippen LogP contribution in [0.15, 0.2) is 30.9 Å². The summed E-state index contributed by atoms with van der Waals surface area (Å²) in [6.07, 6.45) is -2.33. The lowest BCUT2D eigenvalue weighted by atomic mass is 10.1. The molecule has 0 saturated carbocycles. The number of carbonyl (C=O) groups is 2. The van der Waals surface area contributed by atoms with Gasteiger partial charge in [-0.25, -0.2) is 0 Å². The quantitative estimate of drug-likeness (QED) is 0.793. The number of halogens is 3. The highest BCUT2D eigenvalue weighted by Gasteiger charge is 2.35. The van der Waals surface area contributed by atoms with E-state index in [4.69, 9.17) is 9.84 Å². The molecule has 2 rings (SSSR count). The molecule has 1 aliphatic heterocycles. The Balaban J connectivity index is 2.37. The summed E-state index contributed by atoms with van der Waals surface area (Å²) in [5, 5.41) is 8.94. The van der Waals surface area contributed by atoms with Gasteiger partial charge in [-0.3, -0.25) is 9.59 Å². The minimum absolute atomic E-state index is 0.0128. The molecule has 0 aromatic heterocycles. The number of hydrogen-bond acceptors (Lipinski definition) is 3. The van der Waals surface area contributed by atoms with E-state index in [1.54, 1.807) is 0 Å². The van der Waals surface area contributed by atoms with Gasteiger partial charge in [-0.1, -0.05) is 12.7 Å². The van der Waals surface area contributed by atoms with Gasteiger partial charge in [0, 0.05) is 12.6 Å². The summed E-state index contributed by atoms with van der Waals surface area (Å²) in [7, 11) is 0. The lowest BCUT2D eigenvalue weighted by molar-refractivity contribution is -0.138. The number of carbonyl (C=O) groups excluding carboxylic acids is 1. The molecule has 1 atom stereocenters. The van der Waals surface area contributed by atoms with Crippen LogP contribution in [0.3, 0.4) is 0 Å². The van der Waals surface area contributed by atoms with E-state index in [9.17, 15) is 22.8 Å². The highest BCUT2D eigenvalue weighted by atomic mass is 19.4. The summed E-state index contributed by atoms with van der Waals surface area (Å²) in [6.45, 7) is 3.80. The third-order valence-corrected chi connectivity index (χ3v) is 3.94. The fraction of sp³-hybridized carbons (Fsp3) is 0.412. The van der Waals surface area contributed by atoms with Gasteiger partial charge in [0.25, 0.3) is 5.91 Å². The summed E-state index contributed by atoms with van der Waals surface area (Å²) in [4.78, 5) is 25.0. The van der Waals surface area contributed by atoms with Gasteiger partial charge >= 0.3 is 12.1 Å². The minimum atomic E-state index is -4.60. The van der Waals surface area contributed by atoms with Gasteiger partial charge in [-0.2, -0.15) is 13.2 Å². The second-order valence-corrected chi connectivity index (χ2v) is 5.70. The van der Waals surface area contributed by atoms with E-state index >= 15 is 0 Å². The van der Waals surface area contributed by atoms with Gasteiger partial charge < -0.3 is 14.7 Å². The number of benzene rings is 1. The molecule has 1 amide bonds. The molecule has 0 bridgehead atoms. The first-order valence-corrected chi connectivity index (χ1v) is 7.71. The van der Waals surface area contributed by atoms with Crippen molar-refractivity contribution in [3.05, 3.63) is 42.0 Å². The number of ether oxygens (including phenoxy) is 1. The average molecular weight is 357 g/mol. The van der Waals surface area contributed by atoms with Crippen LogP contribution in [0.25, 0.3) is 0 Å². The summed E-state index contributed by atoms with van der Waals surface area (Å²) in [6, 6.07) is 2.15. The SMILES string of the molecule is C=CCOc1ccc(C(F)(F)F)cc1C(=O)N1CCCC1CC(=O)O. The van der Waals surface area contributed by atoms with Crippen LogP contribution in [0.4, 0.5) is 13.2 Å². The van der Waals surface area contributed by atoms with Crippen molar-refractivity contribution in [2.75, 3.05) is 13.2 Å². The van der Waals surface area contributed by atoms with E-state index in [0.717, 1.165) is 18.2 Å². The number of likely N-dealkylation sites (tertiary alicyclic amines) is 1. The van der Waals surface area contributed by atoms with Crippen molar-refractivity contribution in [2.24, 2.45) is 0 Å². The Morgan fingerprint density at radius 3 is 2.72 bits per heavy atom. The number of amides is 1. The zero-order valence-corrected chi connectivity index (χ0v) is 13.4. The van der Waals surface area contributed by atoms with Gasteiger partial charge in [0.05, 0.1) is 17.5 Å².